The first-order chi connectivity index (χ1) is 16.3. The lowest BCUT2D eigenvalue weighted by Crippen LogP contribution is -2.63. The van der Waals surface area contributed by atoms with E-state index in [0.29, 0.717) is 18.8 Å². The lowest BCUT2D eigenvalue weighted by molar-refractivity contribution is -0.133. The number of rotatable bonds is 7. The molecule has 0 bridgehead atoms. The van der Waals surface area contributed by atoms with E-state index >= 15 is 0 Å². The number of hydrogen-bond acceptors (Lipinski definition) is 5. The quantitative estimate of drug-likeness (QED) is 0.651. The molecule has 1 aromatic carbocycles. The van der Waals surface area contributed by atoms with Crippen molar-refractivity contribution in [2.75, 3.05) is 13.7 Å². The molecule has 1 aromatic heterocycles. The predicted molar refractivity (Wildman–Crippen MR) is 127 cm³/mol. The first-order valence-electron chi connectivity index (χ1n) is 12.0. The van der Waals surface area contributed by atoms with Crippen LogP contribution in [0.3, 0.4) is 0 Å². The summed E-state index contributed by atoms with van der Waals surface area (Å²) in [5.41, 5.74) is 0.295. The first kappa shape index (κ1) is 23.8. The van der Waals surface area contributed by atoms with Gasteiger partial charge < -0.3 is 20.3 Å². The SMILES string of the molecule is CCOc1ccc(CNC(=O)c2cc3n(n2)C[C@@](C)(C(=O)NC2CCCCC2)N(C)C3=O)cc1. The van der Waals surface area contributed by atoms with Gasteiger partial charge in [-0.05, 0) is 44.4 Å². The summed E-state index contributed by atoms with van der Waals surface area (Å²) in [5.74, 6) is -0.110. The molecular weight excluding hydrogens is 434 g/mol. The summed E-state index contributed by atoms with van der Waals surface area (Å²) in [5, 5.41) is 10.3. The summed E-state index contributed by atoms with van der Waals surface area (Å²) in [7, 11) is 1.63. The van der Waals surface area contributed by atoms with E-state index in [0.717, 1.165) is 37.0 Å². The molecule has 0 unspecified atom stereocenters. The molecule has 1 fully saturated rings. The maximum Gasteiger partial charge on any atom is 0.272 e. The zero-order valence-electron chi connectivity index (χ0n) is 20.1. The molecule has 182 valence electrons. The number of amides is 3. The van der Waals surface area contributed by atoms with Gasteiger partial charge >= 0.3 is 0 Å². The summed E-state index contributed by atoms with van der Waals surface area (Å²) in [4.78, 5) is 40.5. The minimum atomic E-state index is -1.08. The van der Waals surface area contributed by atoms with Crippen molar-refractivity contribution in [1.82, 2.24) is 25.3 Å². The van der Waals surface area contributed by atoms with Crippen molar-refractivity contribution in [1.29, 1.82) is 0 Å². The summed E-state index contributed by atoms with van der Waals surface area (Å²) < 4.78 is 6.91. The highest BCUT2D eigenvalue weighted by molar-refractivity contribution is 6.01. The molecule has 34 heavy (non-hydrogen) atoms. The van der Waals surface area contributed by atoms with E-state index in [4.69, 9.17) is 4.74 Å². The van der Waals surface area contributed by atoms with Gasteiger partial charge in [0.25, 0.3) is 11.8 Å². The van der Waals surface area contributed by atoms with Crippen LogP contribution in [0.25, 0.3) is 0 Å². The number of nitrogens with zero attached hydrogens (tertiary/aromatic N) is 3. The Hall–Kier alpha value is -3.36. The van der Waals surface area contributed by atoms with Crippen LogP contribution in [0.15, 0.2) is 30.3 Å². The molecule has 1 aliphatic heterocycles. The van der Waals surface area contributed by atoms with E-state index in [-0.39, 0.29) is 36.0 Å². The van der Waals surface area contributed by atoms with Crippen molar-refractivity contribution in [3.05, 3.63) is 47.3 Å². The molecule has 0 radical (unpaired) electrons. The van der Waals surface area contributed by atoms with E-state index in [9.17, 15) is 14.4 Å². The molecule has 0 saturated heterocycles. The molecule has 1 atom stereocenters. The van der Waals surface area contributed by atoms with Gasteiger partial charge in [-0.3, -0.25) is 19.1 Å². The number of carbonyl (C=O) groups is 3. The number of hydrogen-bond donors (Lipinski definition) is 2. The Morgan fingerprint density at radius 1 is 1.18 bits per heavy atom. The van der Waals surface area contributed by atoms with Gasteiger partial charge in [0.15, 0.2) is 5.69 Å². The van der Waals surface area contributed by atoms with Crippen molar-refractivity contribution in [2.45, 2.75) is 70.6 Å². The standard InChI is InChI=1S/C25H33N5O4/c1-4-34-19-12-10-17(11-13-19)15-26-22(31)20-14-21-23(32)29(3)25(2,16-30(21)28-20)24(33)27-18-8-6-5-7-9-18/h10-14,18H,4-9,15-16H2,1-3H3,(H,26,31)(H,27,33)/t25-/m0/s1. The molecule has 2 heterocycles. The van der Waals surface area contributed by atoms with Crippen LogP contribution < -0.4 is 15.4 Å². The number of nitrogens with one attached hydrogen (secondary N) is 2. The third-order valence-electron chi connectivity index (χ3n) is 6.85. The zero-order chi connectivity index (χ0) is 24.3. The third-order valence-corrected chi connectivity index (χ3v) is 6.85. The number of ether oxygens (including phenoxy) is 1. The van der Waals surface area contributed by atoms with Crippen molar-refractivity contribution in [2.24, 2.45) is 0 Å². The molecule has 1 aliphatic carbocycles. The zero-order valence-corrected chi connectivity index (χ0v) is 20.1. The van der Waals surface area contributed by atoms with Gasteiger partial charge in [-0.2, -0.15) is 5.10 Å². The Morgan fingerprint density at radius 3 is 2.56 bits per heavy atom. The highest BCUT2D eigenvalue weighted by atomic mass is 16.5. The fourth-order valence-corrected chi connectivity index (χ4v) is 4.57. The average Bonchev–Trinajstić information content (AvgIpc) is 3.27. The minimum Gasteiger partial charge on any atom is -0.494 e. The van der Waals surface area contributed by atoms with Crippen molar-refractivity contribution in [3.8, 4) is 5.75 Å². The maximum absolute atomic E-state index is 13.2. The van der Waals surface area contributed by atoms with Crippen molar-refractivity contribution < 1.29 is 19.1 Å². The summed E-state index contributed by atoms with van der Waals surface area (Å²) in [6.45, 7) is 4.78. The first-order valence-corrected chi connectivity index (χ1v) is 12.0. The van der Waals surface area contributed by atoms with Crippen LogP contribution in [-0.4, -0.2) is 57.6 Å². The van der Waals surface area contributed by atoms with Gasteiger partial charge in [0, 0.05) is 25.7 Å². The van der Waals surface area contributed by atoms with Gasteiger partial charge in [0.05, 0.1) is 13.2 Å². The Bertz CT molecular complexity index is 1060. The Balaban J connectivity index is 1.43. The van der Waals surface area contributed by atoms with Crippen molar-refractivity contribution >= 4 is 17.7 Å². The normalized spacial score (nSPS) is 20.6. The Morgan fingerprint density at radius 2 is 1.88 bits per heavy atom. The molecular formula is C25H33N5O4. The van der Waals surface area contributed by atoms with E-state index in [1.807, 2.05) is 31.2 Å². The largest absolute Gasteiger partial charge is 0.494 e. The summed E-state index contributed by atoms with van der Waals surface area (Å²) >= 11 is 0. The monoisotopic (exact) mass is 467 g/mol. The van der Waals surface area contributed by atoms with Gasteiger partial charge in [0.2, 0.25) is 5.91 Å². The number of aromatic nitrogens is 2. The molecule has 1 saturated carbocycles. The third kappa shape index (κ3) is 4.78. The molecule has 2 aromatic rings. The lowest BCUT2D eigenvalue weighted by atomic mass is 9.92. The number of benzene rings is 1. The predicted octanol–water partition coefficient (Wildman–Crippen LogP) is 2.50. The van der Waals surface area contributed by atoms with E-state index in [2.05, 4.69) is 15.7 Å². The molecule has 2 aliphatic rings. The summed E-state index contributed by atoms with van der Waals surface area (Å²) in [6.07, 6.45) is 5.34. The second-order valence-electron chi connectivity index (χ2n) is 9.28. The Kier molecular flexibility index (Phi) is 6.90. The van der Waals surface area contributed by atoms with Gasteiger partial charge in [-0.1, -0.05) is 31.4 Å². The van der Waals surface area contributed by atoms with Crippen LogP contribution in [0.4, 0.5) is 0 Å². The second kappa shape index (κ2) is 9.87. The van der Waals surface area contributed by atoms with Crippen LogP contribution in [0.2, 0.25) is 0 Å². The van der Waals surface area contributed by atoms with Crippen molar-refractivity contribution in [3.63, 3.8) is 0 Å². The highest BCUT2D eigenvalue weighted by Crippen LogP contribution is 2.27. The van der Waals surface area contributed by atoms with Crippen LogP contribution in [0.1, 0.15) is 72.5 Å². The molecule has 9 nitrogen and oxygen atoms in total. The van der Waals surface area contributed by atoms with E-state index < -0.39 is 5.54 Å². The molecule has 4 rings (SSSR count). The van der Waals surface area contributed by atoms with E-state index in [1.54, 1.807) is 14.0 Å². The van der Waals surface area contributed by atoms with Crippen LogP contribution in [-0.2, 0) is 17.9 Å². The molecule has 3 amide bonds. The molecule has 9 heteroatoms. The fraction of sp³-hybridized carbons (Fsp3) is 0.520. The topological polar surface area (TPSA) is 106 Å². The number of fused-ring (bicyclic) bond motifs is 1. The maximum atomic E-state index is 13.2. The fourth-order valence-electron chi connectivity index (χ4n) is 4.57. The van der Waals surface area contributed by atoms with E-state index in [1.165, 1.54) is 22.1 Å². The number of likely N-dealkylation sites (N-methyl/N-ethyl adjacent to an activating group) is 1. The highest BCUT2D eigenvalue weighted by Gasteiger charge is 2.46. The smallest absolute Gasteiger partial charge is 0.272 e. The Labute approximate surface area is 199 Å². The van der Waals surface area contributed by atoms with Gasteiger partial charge in [0.1, 0.15) is 17.0 Å². The molecule has 0 spiro atoms. The lowest BCUT2D eigenvalue weighted by Gasteiger charge is -2.41. The molecule has 2 N–H and O–H groups in total. The second-order valence-corrected chi connectivity index (χ2v) is 9.28. The van der Waals surface area contributed by atoms with Crippen LogP contribution in [0, 0.1) is 0 Å². The number of carbonyl (C=O) groups excluding carboxylic acids is 3. The van der Waals surface area contributed by atoms with Gasteiger partial charge in [-0.25, -0.2) is 0 Å². The average molecular weight is 468 g/mol. The van der Waals surface area contributed by atoms with Crippen LogP contribution in [0.5, 0.6) is 5.75 Å². The summed E-state index contributed by atoms with van der Waals surface area (Å²) in [6, 6.07) is 9.12. The minimum absolute atomic E-state index is 0.143. The van der Waals surface area contributed by atoms with Gasteiger partial charge in [-0.15, -0.1) is 0 Å². The van der Waals surface area contributed by atoms with Crippen LogP contribution >= 0.6 is 0 Å².